The molecule has 24 heavy (non-hydrogen) atoms. The van der Waals surface area contributed by atoms with Crippen molar-refractivity contribution < 1.29 is 19.1 Å². The standard InChI is InChI=1S/C18H26N2O4/c1-14(2)13-24-18(22)20-10-8-19(9-11-20)17(21)12-15-4-6-16(23-3)7-5-15/h4-7,14H,8-13H2,1-3H3. The molecule has 0 saturated carbocycles. The first-order chi connectivity index (χ1) is 11.5. The van der Waals surface area contributed by atoms with Crippen LogP contribution in [0.2, 0.25) is 0 Å². The number of piperazine rings is 1. The average molecular weight is 334 g/mol. The van der Waals surface area contributed by atoms with Crippen molar-refractivity contribution in [2.24, 2.45) is 5.92 Å². The molecule has 0 N–H and O–H groups in total. The zero-order chi connectivity index (χ0) is 17.5. The summed E-state index contributed by atoms with van der Waals surface area (Å²) >= 11 is 0. The maximum absolute atomic E-state index is 12.4. The van der Waals surface area contributed by atoms with Crippen LogP contribution in [0, 0.1) is 5.92 Å². The summed E-state index contributed by atoms with van der Waals surface area (Å²) in [4.78, 5) is 27.8. The first-order valence-corrected chi connectivity index (χ1v) is 8.32. The zero-order valence-electron chi connectivity index (χ0n) is 14.7. The maximum atomic E-state index is 12.4. The molecule has 2 amide bonds. The largest absolute Gasteiger partial charge is 0.497 e. The molecule has 1 aliphatic rings. The van der Waals surface area contributed by atoms with E-state index < -0.39 is 0 Å². The molecular formula is C18H26N2O4. The highest BCUT2D eigenvalue weighted by Gasteiger charge is 2.25. The molecule has 132 valence electrons. The number of amides is 2. The van der Waals surface area contributed by atoms with E-state index >= 15 is 0 Å². The number of rotatable bonds is 5. The topological polar surface area (TPSA) is 59.1 Å². The van der Waals surface area contributed by atoms with Crippen LogP contribution in [0.15, 0.2) is 24.3 Å². The monoisotopic (exact) mass is 334 g/mol. The van der Waals surface area contributed by atoms with Crippen LogP contribution in [-0.2, 0) is 16.0 Å². The molecule has 0 bridgehead atoms. The van der Waals surface area contributed by atoms with E-state index in [1.54, 1.807) is 16.9 Å². The summed E-state index contributed by atoms with van der Waals surface area (Å²) < 4.78 is 10.3. The Morgan fingerprint density at radius 3 is 2.17 bits per heavy atom. The van der Waals surface area contributed by atoms with Crippen LogP contribution in [0.3, 0.4) is 0 Å². The second kappa shape index (κ2) is 8.57. The minimum atomic E-state index is -0.286. The van der Waals surface area contributed by atoms with Crippen LogP contribution in [0.25, 0.3) is 0 Å². The van der Waals surface area contributed by atoms with Crippen molar-refractivity contribution in [2.45, 2.75) is 20.3 Å². The molecule has 1 fully saturated rings. The van der Waals surface area contributed by atoms with E-state index in [-0.39, 0.29) is 12.0 Å². The van der Waals surface area contributed by atoms with Gasteiger partial charge in [0.15, 0.2) is 0 Å². The number of carbonyl (C=O) groups is 2. The van der Waals surface area contributed by atoms with Gasteiger partial charge in [-0.15, -0.1) is 0 Å². The number of carbonyl (C=O) groups excluding carboxylic acids is 2. The molecule has 1 aromatic rings. The van der Waals surface area contributed by atoms with Gasteiger partial charge < -0.3 is 19.3 Å². The van der Waals surface area contributed by atoms with Crippen molar-refractivity contribution in [1.82, 2.24) is 9.80 Å². The van der Waals surface area contributed by atoms with E-state index in [0.29, 0.717) is 45.1 Å². The van der Waals surface area contributed by atoms with Gasteiger partial charge in [-0.25, -0.2) is 4.79 Å². The molecule has 0 atom stereocenters. The summed E-state index contributed by atoms with van der Waals surface area (Å²) in [7, 11) is 1.62. The van der Waals surface area contributed by atoms with E-state index in [9.17, 15) is 9.59 Å². The zero-order valence-corrected chi connectivity index (χ0v) is 14.7. The molecule has 0 aromatic heterocycles. The Morgan fingerprint density at radius 1 is 1.04 bits per heavy atom. The number of benzene rings is 1. The minimum Gasteiger partial charge on any atom is -0.497 e. The van der Waals surface area contributed by atoms with Crippen LogP contribution >= 0.6 is 0 Å². The SMILES string of the molecule is COc1ccc(CC(=O)N2CCN(C(=O)OCC(C)C)CC2)cc1. The van der Waals surface area contributed by atoms with E-state index in [2.05, 4.69) is 0 Å². The molecule has 0 aliphatic carbocycles. The molecule has 6 heteroatoms. The first-order valence-electron chi connectivity index (χ1n) is 8.32. The molecule has 2 rings (SSSR count). The van der Waals surface area contributed by atoms with Crippen molar-refractivity contribution in [3.8, 4) is 5.75 Å². The summed E-state index contributed by atoms with van der Waals surface area (Å²) in [6, 6.07) is 7.50. The highest BCUT2D eigenvalue weighted by molar-refractivity contribution is 5.79. The lowest BCUT2D eigenvalue weighted by Crippen LogP contribution is -2.51. The third-order valence-corrected chi connectivity index (χ3v) is 3.95. The van der Waals surface area contributed by atoms with Gasteiger partial charge in [0.2, 0.25) is 5.91 Å². The van der Waals surface area contributed by atoms with E-state index in [1.165, 1.54) is 0 Å². The molecule has 1 aromatic carbocycles. The summed E-state index contributed by atoms with van der Waals surface area (Å²) in [5.74, 6) is 1.18. The van der Waals surface area contributed by atoms with Crippen molar-refractivity contribution in [3.05, 3.63) is 29.8 Å². The van der Waals surface area contributed by atoms with Crippen LogP contribution in [0.1, 0.15) is 19.4 Å². The lowest BCUT2D eigenvalue weighted by atomic mass is 10.1. The van der Waals surface area contributed by atoms with Crippen LogP contribution in [0.5, 0.6) is 5.75 Å². The van der Waals surface area contributed by atoms with Crippen molar-refractivity contribution in [3.63, 3.8) is 0 Å². The number of ether oxygens (including phenoxy) is 2. The summed E-state index contributed by atoms with van der Waals surface area (Å²) in [6.45, 7) is 6.57. The Labute approximate surface area is 143 Å². The van der Waals surface area contributed by atoms with Crippen LogP contribution in [-0.4, -0.2) is 61.7 Å². The smallest absolute Gasteiger partial charge is 0.409 e. The summed E-state index contributed by atoms with van der Waals surface area (Å²) in [5, 5.41) is 0. The molecular weight excluding hydrogens is 308 g/mol. The maximum Gasteiger partial charge on any atom is 0.409 e. The molecule has 1 heterocycles. The van der Waals surface area contributed by atoms with E-state index in [4.69, 9.17) is 9.47 Å². The van der Waals surface area contributed by atoms with Crippen molar-refractivity contribution in [1.29, 1.82) is 0 Å². The van der Waals surface area contributed by atoms with Gasteiger partial charge in [0.1, 0.15) is 5.75 Å². The highest BCUT2D eigenvalue weighted by atomic mass is 16.6. The molecule has 0 radical (unpaired) electrons. The average Bonchev–Trinajstić information content (AvgIpc) is 2.60. The van der Waals surface area contributed by atoms with Gasteiger partial charge in [0.25, 0.3) is 0 Å². The third kappa shape index (κ3) is 5.15. The van der Waals surface area contributed by atoms with Crippen molar-refractivity contribution >= 4 is 12.0 Å². The van der Waals surface area contributed by atoms with Gasteiger partial charge in [-0.3, -0.25) is 4.79 Å². The van der Waals surface area contributed by atoms with E-state index in [1.807, 2.05) is 38.1 Å². The Hall–Kier alpha value is -2.24. The van der Waals surface area contributed by atoms with Crippen molar-refractivity contribution in [2.75, 3.05) is 39.9 Å². The number of methoxy groups -OCH3 is 1. The Balaban J connectivity index is 1.78. The van der Waals surface area contributed by atoms with Gasteiger partial charge in [-0.05, 0) is 23.6 Å². The second-order valence-corrected chi connectivity index (χ2v) is 6.36. The van der Waals surface area contributed by atoms with Gasteiger partial charge in [0, 0.05) is 26.2 Å². The highest BCUT2D eigenvalue weighted by Crippen LogP contribution is 2.13. The fourth-order valence-corrected chi connectivity index (χ4v) is 2.50. The third-order valence-electron chi connectivity index (χ3n) is 3.95. The van der Waals surface area contributed by atoms with Gasteiger partial charge >= 0.3 is 6.09 Å². The minimum absolute atomic E-state index is 0.0790. The fourth-order valence-electron chi connectivity index (χ4n) is 2.50. The number of hydrogen-bond donors (Lipinski definition) is 0. The van der Waals surface area contributed by atoms with Gasteiger partial charge in [0.05, 0.1) is 20.1 Å². The first kappa shape index (κ1) is 18.1. The fraction of sp³-hybridized carbons (Fsp3) is 0.556. The molecule has 1 saturated heterocycles. The van der Waals surface area contributed by atoms with Gasteiger partial charge in [-0.1, -0.05) is 26.0 Å². The van der Waals surface area contributed by atoms with E-state index in [0.717, 1.165) is 11.3 Å². The number of hydrogen-bond acceptors (Lipinski definition) is 4. The molecule has 1 aliphatic heterocycles. The van der Waals surface area contributed by atoms with Crippen LogP contribution in [0.4, 0.5) is 4.79 Å². The summed E-state index contributed by atoms with van der Waals surface area (Å²) in [5.41, 5.74) is 0.958. The number of nitrogens with zero attached hydrogens (tertiary/aromatic N) is 2. The normalized spacial score (nSPS) is 14.7. The Morgan fingerprint density at radius 2 is 1.62 bits per heavy atom. The Kier molecular flexibility index (Phi) is 6.46. The predicted octanol–water partition coefficient (Wildman–Crippen LogP) is 2.17. The summed E-state index contributed by atoms with van der Waals surface area (Å²) in [6.07, 6.45) is 0.0767. The quantitative estimate of drug-likeness (QED) is 0.828. The lowest BCUT2D eigenvalue weighted by molar-refractivity contribution is -0.132. The predicted molar refractivity (Wildman–Crippen MR) is 91.0 cm³/mol. The Bertz CT molecular complexity index is 549. The lowest BCUT2D eigenvalue weighted by Gasteiger charge is -2.34. The van der Waals surface area contributed by atoms with Gasteiger partial charge in [-0.2, -0.15) is 0 Å². The second-order valence-electron chi connectivity index (χ2n) is 6.36. The molecule has 0 unspecified atom stereocenters. The molecule has 0 spiro atoms. The van der Waals surface area contributed by atoms with Crippen LogP contribution < -0.4 is 4.74 Å². The molecule has 6 nitrogen and oxygen atoms in total.